The lowest BCUT2D eigenvalue weighted by atomic mass is 9.81. The van der Waals surface area contributed by atoms with Gasteiger partial charge in [-0.3, -0.25) is 4.79 Å². The molecule has 0 aromatic heterocycles. The molecule has 0 saturated carbocycles. The fourth-order valence-corrected chi connectivity index (χ4v) is 3.19. The quantitative estimate of drug-likeness (QED) is 0.892. The van der Waals surface area contributed by atoms with E-state index in [9.17, 15) is 4.79 Å². The number of benzene rings is 2. The fraction of sp³-hybridized carbons (Fsp3) is 0.211. The first-order chi connectivity index (χ1) is 10.2. The second-order valence-electron chi connectivity index (χ2n) is 5.63. The largest absolute Gasteiger partial charge is 0.370 e. The highest BCUT2D eigenvalue weighted by molar-refractivity contribution is 5.74. The molecule has 1 aliphatic carbocycles. The molecule has 2 nitrogen and oxygen atoms in total. The number of primary amides is 1. The summed E-state index contributed by atoms with van der Waals surface area (Å²) in [7, 11) is 0. The van der Waals surface area contributed by atoms with Crippen molar-refractivity contribution in [3.63, 3.8) is 0 Å². The number of amides is 1. The van der Waals surface area contributed by atoms with Crippen LogP contribution in [0.2, 0.25) is 0 Å². The molecule has 3 rings (SSSR count). The van der Waals surface area contributed by atoms with E-state index in [1.165, 1.54) is 16.7 Å². The highest BCUT2D eigenvalue weighted by atomic mass is 16.1. The molecule has 2 aromatic carbocycles. The predicted molar refractivity (Wildman–Crippen MR) is 85.7 cm³/mol. The monoisotopic (exact) mass is 277 g/mol. The molecule has 0 spiro atoms. The van der Waals surface area contributed by atoms with Gasteiger partial charge in [-0.05, 0) is 29.0 Å². The zero-order valence-electron chi connectivity index (χ0n) is 11.9. The van der Waals surface area contributed by atoms with Gasteiger partial charge >= 0.3 is 0 Å². The van der Waals surface area contributed by atoms with Crippen LogP contribution in [0.3, 0.4) is 0 Å². The van der Waals surface area contributed by atoms with Gasteiger partial charge < -0.3 is 5.73 Å². The molecule has 2 N–H and O–H groups in total. The lowest BCUT2D eigenvalue weighted by molar-refractivity contribution is -0.119. The topological polar surface area (TPSA) is 43.1 Å². The highest BCUT2D eigenvalue weighted by Gasteiger charge is 2.27. The number of hydrogen-bond donors (Lipinski definition) is 1. The van der Waals surface area contributed by atoms with Gasteiger partial charge in [-0.1, -0.05) is 66.7 Å². The van der Waals surface area contributed by atoms with Crippen molar-refractivity contribution >= 4 is 12.0 Å². The van der Waals surface area contributed by atoms with Gasteiger partial charge in [0.15, 0.2) is 0 Å². The summed E-state index contributed by atoms with van der Waals surface area (Å²) in [6.45, 7) is 0. The Hall–Kier alpha value is -2.35. The SMILES string of the molecule is NC(=O)CC(Cc1ccccc1)C1C=Cc2ccccc21. The van der Waals surface area contributed by atoms with Gasteiger partial charge in [-0.25, -0.2) is 0 Å². The van der Waals surface area contributed by atoms with Crippen LogP contribution in [0, 0.1) is 5.92 Å². The average Bonchev–Trinajstić information content (AvgIpc) is 2.91. The number of nitrogens with two attached hydrogens (primary N) is 1. The molecule has 0 heterocycles. The Morgan fingerprint density at radius 1 is 1.05 bits per heavy atom. The van der Waals surface area contributed by atoms with E-state index in [1.54, 1.807) is 0 Å². The second-order valence-corrected chi connectivity index (χ2v) is 5.63. The van der Waals surface area contributed by atoms with Crippen LogP contribution in [0.5, 0.6) is 0 Å². The van der Waals surface area contributed by atoms with Crippen molar-refractivity contribution in [3.05, 3.63) is 77.4 Å². The Labute approximate surface area is 125 Å². The first-order valence-electron chi connectivity index (χ1n) is 7.33. The normalized spacial score (nSPS) is 17.4. The maximum absolute atomic E-state index is 11.5. The van der Waals surface area contributed by atoms with Crippen molar-refractivity contribution in [2.75, 3.05) is 0 Å². The van der Waals surface area contributed by atoms with Gasteiger partial charge in [-0.2, -0.15) is 0 Å². The third-order valence-electron chi connectivity index (χ3n) is 4.15. The molecular formula is C19H19NO. The van der Waals surface area contributed by atoms with Crippen molar-refractivity contribution in [1.82, 2.24) is 0 Å². The van der Waals surface area contributed by atoms with Crippen molar-refractivity contribution < 1.29 is 4.79 Å². The van der Waals surface area contributed by atoms with Gasteiger partial charge in [0, 0.05) is 12.3 Å². The molecule has 0 saturated heterocycles. The van der Waals surface area contributed by atoms with E-state index in [0.29, 0.717) is 6.42 Å². The molecule has 0 fully saturated rings. The smallest absolute Gasteiger partial charge is 0.217 e. The minimum Gasteiger partial charge on any atom is -0.370 e. The molecule has 0 bridgehead atoms. The highest BCUT2D eigenvalue weighted by Crippen LogP contribution is 2.38. The van der Waals surface area contributed by atoms with Gasteiger partial charge in [0.2, 0.25) is 5.91 Å². The zero-order chi connectivity index (χ0) is 14.7. The summed E-state index contributed by atoms with van der Waals surface area (Å²) in [6.07, 6.45) is 5.64. The molecule has 2 unspecified atom stereocenters. The van der Waals surface area contributed by atoms with Crippen LogP contribution in [-0.4, -0.2) is 5.91 Å². The van der Waals surface area contributed by atoms with E-state index in [-0.39, 0.29) is 17.7 Å². The number of allylic oxidation sites excluding steroid dienone is 1. The molecule has 1 aliphatic rings. The summed E-state index contributed by atoms with van der Waals surface area (Å²) >= 11 is 0. The second kappa shape index (κ2) is 5.96. The summed E-state index contributed by atoms with van der Waals surface area (Å²) in [5, 5.41) is 0. The molecule has 0 aliphatic heterocycles. The molecular weight excluding hydrogens is 258 g/mol. The van der Waals surface area contributed by atoms with Crippen molar-refractivity contribution in [1.29, 1.82) is 0 Å². The minimum atomic E-state index is -0.228. The van der Waals surface area contributed by atoms with Gasteiger partial charge in [0.1, 0.15) is 0 Å². The molecule has 2 atom stereocenters. The Bertz CT molecular complexity index is 660. The Balaban J connectivity index is 1.87. The van der Waals surface area contributed by atoms with Crippen molar-refractivity contribution in [2.24, 2.45) is 11.7 Å². The maximum atomic E-state index is 11.5. The van der Waals surface area contributed by atoms with Crippen LogP contribution in [0.4, 0.5) is 0 Å². The van der Waals surface area contributed by atoms with E-state index in [1.807, 2.05) is 24.3 Å². The third kappa shape index (κ3) is 3.05. The van der Waals surface area contributed by atoms with E-state index < -0.39 is 0 Å². The van der Waals surface area contributed by atoms with Gasteiger partial charge in [0.05, 0.1) is 0 Å². The van der Waals surface area contributed by atoms with Crippen LogP contribution < -0.4 is 5.73 Å². The number of fused-ring (bicyclic) bond motifs is 1. The van der Waals surface area contributed by atoms with Crippen molar-refractivity contribution in [2.45, 2.75) is 18.8 Å². The summed E-state index contributed by atoms with van der Waals surface area (Å²) < 4.78 is 0. The Kier molecular flexibility index (Phi) is 3.87. The van der Waals surface area contributed by atoms with Crippen molar-refractivity contribution in [3.8, 4) is 0 Å². The van der Waals surface area contributed by atoms with Crippen LogP contribution in [0.15, 0.2) is 60.7 Å². The zero-order valence-corrected chi connectivity index (χ0v) is 11.9. The first-order valence-corrected chi connectivity index (χ1v) is 7.33. The maximum Gasteiger partial charge on any atom is 0.217 e. The van der Waals surface area contributed by atoms with Crippen LogP contribution in [0.1, 0.15) is 29.0 Å². The first kappa shape index (κ1) is 13.6. The standard InChI is InChI=1S/C19H19NO/c20-19(21)13-16(12-14-6-2-1-3-7-14)18-11-10-15-8-4-5-9-17(15)18/h1-11,16,18H,12-13H2,(H2,20,21). The number of rotatable bonds is 5. The third-order valence-corrected chi connectivity index (χ3v) is 4.15. The van der Waals surface area contributed by atoms with Gasteiger partial charge in [0.25, 0.3) is 0 Å². The summed E-state index contributed by atoms with van der Waals surface area (Å²) in [5.41, 5.74) is 9.28. The number of carbonyl (C=O) groups excluding carboxylic acids is 1. The molecule has 0 radical (unpaired) electrons. The summed E-state index contributed by atoms with van der Waals surface area (Å²) in [4.78, 5) is 11.5. The van der Waals surface area contributed by atoms with Crippen LogP contribution in [0.25, 0.3) is 6.08 Å². The average molecular weight is 277 g/mol. The number of carbonyl (C=O) groups is 1. The molecule has 106 valence electrons. The molecule has 2 aromatic rings. The predicted octanol–water partition coefficient (Wildman–Crippen LogP) is 3.53. The van der Waals surface area contributed by atoms with Crippen LogP contribution in [-0.2, 0) is 11.2 Å². The summed E-state index contributed by atoms with van der Waals surface area (Å²) in [6, 6.07) is 18.7. The van der Waals surface area contributed by atoms with E-state index in [0.717, 1.165) is 6.42 Å². The lowest BCUT2D eigenvalue weighted by Crippen LogP contribution is -2.22. The van der Waals surface area contributed by atoms with Gasteiger partial charge in [-0.15, -0.1) is 0 Å². The molecule has 2 heteroatoms. The fourth-order valence-electron chi connectivity index (χ4n) is 3.19. The Morgan fingerprint density at radius 2 is 1.76 bits per heavy atom. The molecule has 21 heavy (non-hydrogen) atoms. The lowest BCUT2D eigenvalue weighted by Gasteiger charge is -2.23. The van der Waals surface area contributed by atoms with E-state index in [4.69, 9.17) is 5.73 Å². The molecule has 1 amide bonds. The van der Waals surface area contributed by atoms with Crippen LogP contribution >= 0.6 is 0 Å². The minimum absolute atomic E-state index is 0.213. The Morgan fingerprint density at radius 3 is 2.52 bits per heavy atom. The number of hydrogen-bond acceptors (Lipinski definition) is 1. The summed E-state index contributed by atoms with van der Waals surface area (Å²) in [5.74, 6) is 0.257. The van der Waals surface area contributed by atoms with E-state index in [2.05, 4.69) is 42.5 Å². The van der Waals surface area contributed by atoms with E-state index >= 15 is 0 Å².